The molecule has 558 valence electrons. The molecule has 0 aromatic carbocycles. The van der Waals surface area contributed by atoms with E-state index >= 15 is 0 Å². The predicted octanol–water partition coefficient (Wildman–Crippen LogP) is 22.2. The van der Waals surface area contributed by atoms with Crippen LogP contribution in [0.3, 0.4) is 0 Å². The molecule has 0 aliphatic heterocycles. The van der Waals surface area contributed by atoms with Gasteiger partial charge in [0.05, 0.1) is 26.4 Å². The first kappa shape index (κ1) is 92.1. The van der Waals surface area contributed by atoms with Crippen molar-refractivity contribution in [3.63, 3.8) is 0 Å². The predicted molar refractivity (Wildman–Crippen MR) is 382 cm³/mol. The van der Waals surface area contributed by atoms with E-state index in [9.17, 15) is 43.2 Å². The van der Waals surface area contributed by atoms with Crippen LogP contribution in [0.5, 0.6) is 0 Å². The van der Waals surface area contributed by atoms with Gasteiger partial charge in [-0.25, -0.2) is 9.13 Å². The molecule has 94 heavy (non-hydrogen) atoms. The Bertz CT molecular complexity index is 1790. The van der Waals surface area contributed by atoms with Crippen LogP contribution in [0.1, 0.15) is 400 Å². The van der Waals surface area contributed by atoms with Gasteiger partial charge < -0.3 is 33.8 Å². The first-order valence-corrected chi connectivity index (χ1v) is 42.3. The van der Waals surface area contributed by atoms with Crippen molar-refractivity contribution < 1.29 is 80.2 Å². The Kier molecular flexibility index (Phi) is 68.1. The number of hydrogen-bond donors (Lipinski definition) is 3. The van der Waals surface area contributed by atoms with E-state index in [1.165, 1.54) is 231 Å². The molecule has 0 saturated carbocycles. The van der Waals surface area contributed by atoms with Crippen LogP contribution in [0.25, 0.3) is 0 Å². The zero-order valence-corrected chi connectivity index (χ0v) is 62.7. The second-order valence-corrected chi connectivity index (χ2v) is 29.9. The summed E-state index contributed by atoms with van der Waals surface area (Å²) in [5.41, 5.74) is 0. The minimum Gasteiger partial charge on any atom is -0.462 e. The molecule has 0 spiro atoms. The molecule has 0 fully saturated rings. The van der Waals surface area contributed by atoms with Gasteiger partial charge in [0.25, 0.3) is 0 Å². The van der Waals surface area contributed by atoms with Gasteiger partial charge >= 0.3 is 39.5 Å². The van der Waals surface area contributed by atoms with Crippen molar-refractivity contribution in [3.8, 4) is 0 Å². The molecule has 0 aromatic rings. The molecule has 0 amide bonds. The highest BCUT2D eigenvalue weighted by atomic mass is 31.2. The summed E-state index contributed by atoms with van der Waals surface area (Å²) in [6, 6.07) is 0. The molecule has 0 saturated heterocycles. The van der Waals surface area contributed by atoms with Gasteiger partial charge in [-0.1, -0.05) is 349 Å². The highest BCUT2D eigenvalue weighted by Crippen LogP contribution is 2.45. The van der Waals surface area contributed by atoms with E-state index < -0.39 is 97.5 Å². The molecule has 3 N–H and O–H groups in total. The lowest BCUT2D eigenvalue weighted by molar-refractivity contribution is -0.161. The third kappa shape index (κ3) is 68.6. The Hall–Kier alpha value is -1.94. The molecule has 0 aliphatic rings. The minimum absolute atomic E-state index is 0.109. The van der Waals surface area contributed by atoms with E-state index in [-0.39, 0.29) is 25.7 Å². The summed E-state index contributed by atoms with van der Waals surface area (Å²) in [6.45, 7) is 4.98. The third-order valence-electron chi connectivity index (χ3n) is 17.6. The molecule has 17 nitrogen and oxygen atoms in total. The van der Waals surface area contributed by atoms with Crippen molar-refractivity contribution in [3.05, 3.63) is 0 Å². The lowest BCUT2D eigenvalue weighted by atomic mass is 10.0. The topological polar surface area (TPSA) is 237 Å². The number of aliphatic hydroxyl groups excluding tert-OH is 1. The second-order valence-electron chi connectivity index (χ2n) is 27.0. The molecule has 0 aliphatic carbocycles. The van der Waals surface area contributed by atoms with Gasteiger partial charge in [0.15, 0.2) is 12.2 Å². The molecule has 2 unspecified atom stereocenters. The fraction of sp³-hybridized carbons (Fsp3) is 0.947. The summed E-state index contributed by atoms with van der Waals surface area (Å²) in [7, 11) is -9.91. The number of carbonyl (C=O) groups is 4. The summed E-state index contributed by atoms with van der Waals surface area (Å²) in [4.78, 5) is 72.7. The summed E-state index contributed by atoms with van der Waals surface area (Å²) in [5.74, 6) is -2.11. The number of hydrogen-bond acceptors (Lipinski definition) is 15. The SMILES string of the molecule is CCCCCCCCCCCCCCCCCC(=O)OC[C@H](COP(=O)(O)OC[C@H](O)COP(=O)(O)OC[C@@H](COC(=O)CCCCCCCCCCC)OC(=O)CCCCCCCCCCCCCCCCC)OC(=O)CCCCCCCCCCCCCCCCC. The monoisotopic (exact) mass is 1380 g/mol. The van der Waals surface area contributed by atoms with Gasteiger partial charge in [-0.05, 0) is 25.7 Å². The smallest absolute Gasteiger partial charge is 0.462 e. The van der Waals surface area contributed by atoms with Gasteiger partial charge in [-0.15, -0.1) is 0 Å². The highest BCUT2D eigenvalue weighted by Gasteiger charge is 2.30. The first-order chi connectivity index (χ1) is 45.7. The summed E-state index contributed by atoms with van der Waals surface area (Å²) in [5, 5.41) is 10.6. The molecule has 0 rings (SSSR count). The minimum atomic E-state index is -4.95. The van der Waals surface area contributed by atoms with Gasteiger partial charge in [0.2, 0.25) is 0 Å². The average molecular weight is 1380 g/mol. The average Bonchev–Trinajstić information content (AvgIpc) is 1.94. The number of carbonyl (C=O) groups excluding carboxylic acids is 4. The van der Waals surface area contributed by atoms with Crippen LogP contribution in [0.2, 0.25) is 0 Å². The van der Waals surface area contributed by atoms with E-state index in [4.69, 9.17) is 37.0 Å². The van der Waals surface area contributed by atoms with Gasteiger partial charge in [-0.3, -0.25) is 37.3 Å². The number of phosphoric acid groups is 2. The van der Waals surface area contributed by atoms with Crippen LogP contribution < -0.4 is 0 Å². The number of phosphoric ester groups is 2. The highest BCUT2D eigenvalue weighted by molar-refractivity contribution is 7.47. The second kappa shape index (κ2) is 69.5. The van der Waals surface area contributed by atoms with Crippen molar-refractivity contribution >= 4 is 39.5 Å². The van der Waals surface area contributed by atoms with Gasteiger partial charge in [0, 0.05) is 25.7 Å². The van der Waals surface area contributed by atoms with Crippen LogP contribution in [-0.2, 0) is 65.4 Å². The molecular weight excluding hydrogens is 1230 g/mol. The number of ether oxygens (including phenoxy) is 4. The van der Waals surface area contributed by atoms with Gasteiger partial charge in [0.1, 0.15) is 19.3 Å². The van der Waals surface area contributed by atoms with Crippen LogP contribution in [-0.4, -0.2) is 96.7 Å². The van der Waals surface area contributed by atoms with Crippen molar-refractivity contribution in [2.45, 2.75) is 418 Å². The van der Waals surface area contributed by atoms with Crippen molar-refractivity contribution in [2.75, 3.05) is 39.6 Å². The Balaban J connectivity index is 5.23. The van der Waals surface area contributed by atoms with Crippen molar-refractivity contribution in [1.29, 1.82) is 0 Å². The van der Waals surface area contributed by atoms with E-state index in [0.717, 1.165) is 89.9 Å². The largest absolute Gasteiger partial charge is 0.472 e. The molecule has 5 atom stereocenters. The Morgan fingerprint density at radius 3 is 0.628 bits per heavy atom. The number of aliphatic hydroxyl groups is 1. The van der Waals surface area contributed by atoms with Crippen LogP contribution >= 0.6 is 15.6 Å². The third-order valence-corrected chi connectivity index (χ3v) is 19.5. The molecule has 19 heteroatoms. The van der Waals surface area contributed by atoms with Gasteiger partial charge in [-0.2, -0.15) is 0 Å². The Morgan fingerprint density at radius 2 is 0.426 bits per heavy atom. The van der Waals surface area contributed by atoms with Crippen molar-refractivity contribution in [2.24, 2.45) is 0 Å². The van der Waals surface area contributed by atoms with Crippen LogP contribution in [0, 0.1) is 0 Å². The zero-order valence-electron chi connectivity index (χ0n) is 60.9. The van der Waals surface area contributed by atoms with E-state index in [1.54, 1.807) is 0 Å². The molecular formula is C75H146O17P2. The number of unbranched alkanes of at least 4 members (excludes halogenated alkanes) is 50. The molecule has 0 heterocycles. The lowest BCUT2D eigenvalue weighted by Crippen LogP contribution is -2.30. The zero-order chi connectivity index (χ0) is 69.0. The maximum Gasteiger partial charge on any atom is 0.472 e. The summed E-state index contributed by atoms with van der Waals surface area (Å²) < 4.78 is 68.5. The van der Waals surface area contributed by atoms with E-state index in [2.05, 4.69) is 27.7 Å². The van der Waals surface area contributed by atoms with E-state index in [0.29, 0.717) is 25.7 Å². The fourth-order valence-corrected chi connectivity index (χ4v) is 13.2. The standard InChI is InChI=1S/C75H146O17P2/c1-5-9-13-17-21-25-28-31-34-37-40-44-48-52-56-60-73(78)86-66-71(92-75(80)62-58-54-50-46-42-39-36-33-30-27-23-19-15-11-7-3)68-90-94(83,84)88-64-69(76)63-87-93(81,82)89-67-70(65-85-72(77)59-55-51-47-43-24-20-16-12-8-4)91-74(79)61-57-53-49-45-41-38-35-32-29-26-22-18-14-10-6-2/h69-71,76H,5-68H2,1-4H3,(H,81,82)(H,83,84)/t69-,70-,71-/m1/s1. The fourth-order valence-electron chi connectivity index (χ4n) is 11.6. The summed E-state index contributed by atoms with van der Waals surface area (Å²) in [6.07, 6.45) is 59.5. The molecule has 0 radical (unpaired) electrons. The van der Waals surface area contributed by atoms with E-state index in [1.807, 2.05) is 0 Å². The van der Waals surface area contributed by atoms with Crippen LogP contribution in [0.15, 0.2) is 0 Å². The molecule has 0 bridgehead atoms. The molecule has 0 aromatic heterocycles. The van der Waals surface area contributed by atoms with Crippen LogP contribution in [0.4, 0.5) is 0 Å². The first-order valence-electron chi connectivity index (χ1n) is 39.3. The summed E-state index contributed by atoms with van der Waals surface area (Å²) >= 11 is 0. The van der Waals surface area contributed by atoms with Crippen molar-refractivity contribution in [1.82, 2.24) is 0 Å². The number of rotatable bonds is 76. The number of esters is 4. The maximum atomic E-state index is 13.1. The Morgan fingerprint density at radius 1 is 0.255 bits per heavy atom. The quantitative estimate of drug-likeness (QED) is 0.0222. The lowest BCUT2D eigenvalue weighted by Gasteiger charge is -2.21. The normalized spacial score (nSPS) is 13.9. The Labute approximate surface area is 575 Å². The maximum absolute atomic E-state index is 13.1.